The van der Waals surface area contributed by atoms with Crippen molar-refractivity contribution < 1.29 is 8.83 Å². The van der Waals surface area contributed by atoms with Crippen molar-refractivity contribution in [1.82, 2.24) is 4.98 Å². The molecule has 2 heterocycles. The van der Waals surface area contributed by atoms with Gasteiger partial charge in [0.25, 0.3) is 0 Å². The van der Waals surface area contributed by atoms with Crippen molar-refractivity contribution in [2.45, 2.75) is 0 Å². The van der Waals surface area contributed by atoms with Crippen LogP contribution in [0, 0.1) is 0 Å². The van der Waals surface area contributed by atoms with Crippen molar-refractivity contribution >= 4 is 71.6 Å². The molecule has 0 fully saturated rings. The number of para-hydroxylation sites is 2. The summed E-state index contributed by atoms with van der Waals surface area (Å²) in [6, 6.07) is 59.2. The molecule has 4 nitrogen and oxygen atoms in total. The summed E-state index contributed by atoms with van der Waals surface area (Å²) in [4.78, 5) is 7.28. The number of nitrogens with zero attached hydrogens (tertiary/aromatic N) is 2. The summed E-state index contributed by atoms with van der Waals surface area (Å²) >= 11 is 0. The van der Waals surface area contributed by atoms with Crippen LogP contribution < -0.4 is 4.90 Å². The van der Waals surface area contributed by atoms with Gasteiger partial charge in [-0.3, -0.25) is 0 Å². The summed E-state index contributed by atoms with van der Waals surface area (Å²) in [5, 5.41) is 6.81. The van der Waals surface area contributed by atoms with Crippen LogP contribution >= 0.6 is 0 Å². The molecule has 10 aromatic rings. The molecule has 0 aliphatic carbocycles. The summed E-state index contributed by atoms with van der Waals surface area (Å²) in [6.07, 6.45) is 0. The average Bonchev–Trinajstić information content (AvgIpc) is 3.77. The van der Waals surface area contributed by atoms with E-state index >= 15 is 0 Å². The van der Waals surface area contributed by atoms with E-state index in [1.54, 1.807) is 0 Å². The molecule has 230 valence electrons. The molecule has 0 bridgehead atoms. The molecule has 2 aromatic heterocycles. The Morgan fingerprint density at radius 2 is 1.04 bits per heavy atom. The number of hydrogen-bond donors (Lipinski definition) is 0. The Balaban J connectivity index is 1.07. The second-order valence-electron chi connectivity index (χ2n) is 12.4. The minimum Gasteiger partial charge on any atom is -0.456 e. The number of rotatable bonds is 5. The molecular weight excluding hydrogens is 601 g/mol. The first-order valence-electron chi connectivity index (χ1n) is 16.5. The maximum absolute atomic E-state index is 6.27. The highest BCUT2D eigenvalue weighted by atomic mass is 16.3. The largest absolute Gasteiger partial charge is 0.456 e. The fraction of sp³-hybridized carbons (Fsp3) is 0. The second kappa shape index (κ2) is 11.0. The van der Waals surface area contributed by atoms with E-state index in [1.807, 2.05) is 54.6 Å². The minimum absolute atomic E-state index is 0.634. The van der Waals surface area contributed by atoms with Gasteiger partial charge in [-0.25, -0.2) is 4.98 Å². The Morgan fingerprint density at radius 1 is 0.388 bits per heavy atom. The van der Waals surface area contributed by atoms with Crippen LogP contribution in [0.5, 0.6) is 0 Å². The molecule has 0 N–H and O–H groups in total. The molecule has 0 aliphatic heterocycles. The highest BCUT2D eigenvalue weighted by molar-refractivity contribution is 6.19. The normalized spacial score (nSPS) is 11.7. The lowest BCUT2D eigenvalue weighted by Crippen LogP contribution is -2.09. The summed E-state index contributed by atoms with van der Waals surface area (Å²) in [7, 11) is 0. The lowest BCUT2D eigenvalue weighted by Gasteiger charge is -2.25. The van der Waals surface area contributed by atoms with Gasteiger partial charge >= 0.3 is 0 Å². The van der Waals surface area contributed by atoms with Crippen molar-refractivity contribution in [3.8, 4) is 22.6 Å². The van der Waals surface area contributed by atoms with Crippen LogP contribution in [0.3, 0.4) is 0 Å². The third-order valence-electron chi connectivity index (χ3n) is 9.47. The van der Waals surface area contributed by atoms with Gasteiger partial charge in [0.15, 0.2) is 5.58 Å². The van der Waals surface area contributed by atoms with Gasteiger partial charge in [0, 0.05) is 44.9 Å². The number of fused-ring (bicyclic) bond motifs is 8. The fourth-order valence-electron chi connectivity index (χ4n) is 7.09. The molecular formula is C45H28N2O2. The zero-order valence-electron chi connectivity index (χ0n) is 26.4. The zero-order valence-corrected chi connectivity index (χ0v) is 26.4. The highest BCUT2D eigenvalue weighted by Gasteiger charge is 2.17. The van der Waals surface area contributed by atoms with E-state index in [-0.39, 0.29) is 0 Å². The first-order valence-corrected chi connectivity index (χ1v) is 16.5. The van der Waals surface area contributed by atoms with Gasteiger partial charge in [0.05, 0.1) is 0 Å². The topological polar surface area (TPSA) is 42.4 Å². The lowest BCUT2D eigenvalue weighted by atomic mass is 9.96. The predicted octanol–water partition coefficient (Wildman–Crippen LogP) is 12.8. The van der Waals surface area contributed by atoms with Crippen LogP contribution in [0.1, 0.15) is 0 Å². The molecule has 8 aromatic carbocycles. The first kappa shape index (κ1) is 27.5. The Kier molecular flexibility index (Phi) is 6.15. The monoisotopic (exact) mass is 628 g/mol. The number of benzene rings is 8. The first-order chi connectivity index (χ1) is 24.3. The Hall–Kier alpha value is -6.65. The number of oxazole rings is 1. The van der Waals surface area contributed by atoms with E-state index < -0.39 is 0 Å². The van der Waals surface area contributed by atoms with Crippen LogP contribution in [0.25, 0.3) is 77.2 Å². The SMILES string of the molecule is c1ccc(-c2nc3c(ccc4ccc5ccc(-c6ccc(N(c7ccccc7)c7ccc8c(c7)oc7ccccc78)cc6)cc5c43)o2)cc1. The fourth-order valence-corrected chi connectivity index (χ4v) is 7.09. The minimum atomic E-state index is 0.634. The van der Waals surface area contributed by atoms with Gasteiger partial charge in [-0.05, 0) is 94.0 Å². The molecule has 0 saturated carbocycles. The van der Waals surface area contributed by atoms with E-state index in [0.29, 0.717) is 5.89 Å². The van der Waals surface area contributed by atoms with Crippen molar-refractivity contribution in [1.29, 1.82) is 0 Å². The van der Waals surface area contributed by atoms with E-state index in [9.17, 15) is 0 Å². The van der Waals surface area contributed by atoms with Crippen LogP contribution in [0.4, 0.5) is 17.1 Å². The van der Waals surface area contributed by atoms with E-state index in [2.05, 4.69) is 120 Å². The van der Waals surface area contributed by atoms with Gasteiger partial charge in [-0.1, -0.05) is 97.1 Å². The maximum Gasteiger partial charge on any atom is 0.227 e. The van der Waals surface area contributed by atoms with Crippen molar-refractivity contribution in [2.24, 2.45) is 0 Å². The smallest absolute Gasteiger partial charge is 0.227 e. The zero-order chi connectivity index (χ0) is 32.3. The number of anilines is 3. The molecule has 0 atom stereocenters. The summed E-state index contributed by atoms with van der Waals surface area (Å²) in [5.74, 6) is 0.634. The van der Waals surface area contributed by atoms with Gasteiger partial charge in [-0.15, -0.1) is 0 Å². The van der Waals surface area contributed by atoms with Crippen molar-refractivity contribution in [3.05, 3.63) is 170 Å². The molecule has 0 aliphatic rings. The molecule has 0 unspecified atom stereocenters. The van der Waals surface area contributed by atoms with Gasteiger partial charge in [-0.2, -0.15) is 0 Å². The van der Waals surface area contributed by atoms with Crippen molar-refractivity contribution in [3.63, 3.8) is 0 Å². The molecule has 49 heavy (non-hydrogen) atoms. The highest BCUT2D eigenvalue weighted by Crippen LogP contribution is 2.40. The summed E-state index contributed by atoms with van der Waals surface area (Å²) in [5.41, 5.74) is 9.87. The van der Waals surface area contributed by atoms with E-state index in [1.165, 1.54) is 5.39 Å². The van der Waals surface area contributed by atoms with E-state index in [0.717, 1.165) is 82.9 Å². The summed E-state index contributed by atoms with van der Waals surface area (Å²) in [6.45, 7) is 0. The Labute approximate surface area is 282 Å². The maximum atomic E-state index is 6.27. The number of furan rings is 1. The molecule has 0 spiro atoms. The number of hydrogen-bond acceptors (Lipinski definition) is 4. The predicted molar refractivity (Wildman–Crippen MR) is 202 cm³/mol. The van der Waals surface area contributed by atoms with Crippen LogP contribution in [0.15, 0.2) is 179 Å². The van der Waals surface area contributed by atoms with Crippen LogP contribution in [0.2, 0.25) is 0 Å². The van der Waals surface area contributed by atoms with Crippen molar-refractivity contribution in [2.75, 3.05) is 4.90 Å². The standard InChI is InChI=1S/C45H28N2O2/c1-3-9-32(10-4-1)45-46-44-41(49-45)26-21-31-17-15-30-16-18-33(27-39(30)43(31)44)29-19-22-35(23-20-29)47(34-11-5-2-6-12-34)36-24-25-38-37-13-7-8-14-40(37)48-42(38)28-36/h1-28H. The average molecular weight is 629 g/mol. The quantitative estimate of drug-likeness (QED) is 0.178. The van der Waals surface area contributed by atoms with Gasteiger partial charge in [0.1, 0.15) is 16.7 Å². The third kappa shape index (κ3) is 4.57. The molecule has 0 amide bonds. The molecule has 10 rings (SSSR count). The van der Waals surface area contributed by atoms with Gasteiger partial charge in [0.2, 0.25) is 5.89 Å². The van der Waals surface area contributed by atoms with E-state index in [4.69, 9.17) is 13.8 Å². The lowest BCUT2D eigenvalue weighted by molar-refractivity contribution is 0.620. The number of aromatic nitrogens is 1. The second-order valence-corrected chi connectivity index (χ2v) is 12.4. The third-order valence-corrected chi connectivity index (χ3v) is 9.47. The Morgan fingerprint density at radius 3 is 1.90 bits per heavy atom. The van der Waals surface area contributed by atoms with Gasteiger partial charge < -0.3 is 13.7 Å². The summed E-state index contributed by atoms with van der Waals surface area (Å²) < 4.78 is 12.5. The molecule has 4 heteroatoms. The Bertz CT molecular complexity index is 2820. The molecule has 0 radical (unpaired) electrons. The van der Waals surface area contributed by atoms with Crippen LogP contribution in [-0.4, -0.2) is 4.98 Å². The van der Waals surface area contributed by atoms with Crippen LogP contribution in [-0.2, 0) is 0 Å². The molecule has 0 saturated heterocycles.